The summed E-state index contributed by atoms with van der Waals surface area (Å²) < 4.78 is 11.6. The van der Waals surface area contributed by atoms with E-state index < -0.39 is 4.92 Å². The third-order valence-corrected chi connectivity index (χ3v) is 5.98. The summed E-state index contributed by atoms with van der Waals surface area (Å²) in [7, 11) is 0. The van der Waals surface area contributed by atoms with Crippen molar-refractivity contribution >= 4 is 46.2 Å². The van der Waals surface area contributed by atoms with Crippen LogP contribution in [0.1, 0.15) is 31.9 Å². The second-order valence-corrected chi connectivity index (χ2v) is 8.31. The van der Waals surface area contributed by atoms with Gasteiger partial charge in [-0.3, -0.25) is 24.8 Å². The molecule has 0 bridgehead atoms. The van der Waals surface area contributed by atoms with Crippen molar-refractivity contribution in [2.24, 2.45) is 4.99 Å². The molecule has 0 spiro atoms. The van der Waals surface area contributed by atoms with Crippen molar-refractivity contribution in [3.63, 3.8) is 0 Å². The largest absolute Gasteiger partial charge is 0.490 e. The maximum atomic E-state index is 12.7. The number of nitro groups is 1. The van der Waals surface area contributed by atoms with E-state index in [0.717, 1.165) is 5.56 Å². The molecule has 1 aliphatic heterocycles. The molecule has 1 heterocycles. The quantitative estimate of drug-likeness (QED) is 0.261. The van der Waals surface area contributed by atoms with Crippen LogP contribution in [-0.4, -0.2) is 40.6 Å². The second kappa shape index (κ2) is 11.2. The van der Waals surface area contributed by atoms with E-state index >= 15 is 0 Å². The number of amides is 1. The average molecular weight is 490 g/mol. The number of aliphatic imine (C=N–C) groups is 1. The van der Waals surface area contributed by atoms with Gasteiger partial charge < -0.3 is 9.47 Å². The summed E-state index contributed by atoms with van der Waals surface area (Å²) in [5, 5.41) is 11.8. The zero-order valence-electron chi connectivity index (χ0n) is 18.5. The number of hydrogen-bond acceptors (Lipinski definition) is 7. The molecule has 2 aromatic carbocycles. The maximum Gasteiger partial charge on any atom is 0.269 e. The minimum atomic E-state index is -0.452. The first-order chi connectivity index (χ1) is 15.9. The number of carbonyl (C=O) groups is 1. The normalized spacial score (nSPS) is 16.0. The Balaban J connectivity index is 1.85. The van der Waals surface area contributed by atoms with Crippen molar-refractivity contribution in [2.45, 2.75) is 27.4 Å². The van der Waals surface area contributed by atoms with Crippen LogP contribution in [0, 0.1) is 10.1 Å². The molecule has 0 radical (unpaired) electrons. The topological polar surface area (TPSA) is 94.3 Å². The minimum absolute atomic E-state index is 0.0114. The van der Waals surface area contributed by atoms with Crippen molar-refractivity contribution in [3.05, 3.63) is 67.6 Å². The van der Waals surface area contributed by atoms with Crippen molar-refractivity contribution in [1.82, 2.24) is 4.90 Å². The van der Waals surface area contributed by atoms with Gasteiger partial charge >= 0.3 is 0 Å². The van der Waals surface area contributed by atoms with Gasteiger partial charge in [0.2, 0.25) is 0 Å². The van der Waals surface area contributed by atoms with E-state index in [1.807, 2.05) is 20.8 Å². The van der Waals surface area contributed by atoms with Gasteiger partial charge in [-0.1, -0.05) is 11.6 Å². The molecule has 0 atom stereocenters. The number of hydrogen-bond donors (Lipinski definition) is 0. The Morgan fingerprint density at radius 3 is 2.52 bits per heavy atom. The number of nitro benzene ring substituents is 1. The Bertz CT molecular complexity index is 1100. The third-order valence-electron chi connectivity index (χ3n) is 4.66. The molecule has 3 rings (SSSR count). The average Bonchev–Trinajstić information content (AvgIpc) is 3.07. The van der Waals surface area contributed by atoms with Crippen LogP contribution in [0.3, 0.4) is 0 Å². The molecule has 2 aromatic rings. The summed E-state index contributed by atoms with van der Waals surface area (Å²) in [5.74, 6) is 0.721. The molecule has 8 nitrogen and oxygen atoms in total. The molecule has 33 heavy (non-hydrogen) atoms. The highest BCUT2D eigenvalue weighted by molar-refractivity contribution is 8.18. The monoisotopic (exact) mass is 489 g/mol. The summed E-state index contributed by atoms with van der Waals surface area (Å²) in [6, 6.07) is 9.58. The lowest BCUT2D eigenvalue weighted by molar-refractivity contribution is -0.384. The number of benzene rings is 2. The second-order valence-electron chi connectivity index (χ2n) is 6.89. The molecular weight excluding hydrogens is 466 g/mol. The Morgan fingerprint density at radius 1 is 1.18 bits per heavy atom. The van der Waals surface area contributed by atoms with Gasteiger partial charge in [0.05, 0.1) is 21.5 Å². The van der Waals surface area contributed by atoms with E-state index in [0.29, 0.717) is 51.9 Å². The van der Waals surface area contributed by atoms with Gasteiger partial charge in [0, 0.05) is 25.2 Å². The molecular formula is C23H24ClN3O5S. The molecule has 1 saturated heterocycles. The lowest BCUT2D eigenvalue weighted by Crippen LogP contribution is -2.28. The highest BCUT2D eigenvalue weighted by Crippen LogP contribution is 2.39. The first kappa shape index (κ1) is 24.6. The van der Waals surface area contributed by atoms with Crippen molar-refractivity contribution in [1.29, 1.82) is 0 Å². The minimum Gasteiger partial charge on any atom is -0.490 e. The molecule has 0 unspecified atom stereocenters. The van der Waals surface area contributed by atoms with Crippen LogP contribution in [-0.2, 0) is 11.4 Å². The highest BCUT2D eigenvalue weighted by atomic mass is 35.5. The zero-order valence-corrected chi connectivity index (χ0v) is 20.1. The molecule has 0 aliphatic carbocycles. The van der Waals surface area contributed by atoms with Crippen molar-refractivity contribution < 1.29 is 19.2 Å². The van der Waals surface area contributed by atoms with Gasteiger partial charge in [0.25, 0.3) is 11.6 Å². The molecule has 1 amide bonds. The molecule has 1 aliphatic rings. The van der Waals surface area contributed by atoms with E-state index in [1.54, 1.807) is 35.2 Å². The fourth-order valence-electron chi connectivity index (χ4n) is 3.13. The summed E-state index contributed by atoms with van der Waals surface area (Å²) in [5.41, 5.74) is 1.47. The molecule has 0 saturated carbocycles. The van der Waals surface area contributed by atoms with Crippen molar-refractivity contribution in [3.8, 4) is 11.5 Å². The summed E-state index contributed by atoms with van der Waals surface area (Å²) in [6.45, 7) is 7.39. The summed E-state index contributed by atoms with van der Waals surface area (Å²) in [4.78, 5) is 29.7. The number of amidine groups is 1. The van der Waals surface area contributed by atoms with Gasteiger partial charge in [0.15, 0.2) is 16.7 Å². The zero-order chi connectivity index (χ0) is 24.0. The Hall–Kier alpha value is -3.04. The van der Waals surface area contributed by atoms with Gasteiger partial charge in [-0.25, -0.2) is 0 Å². The molecule has 0 aromatic heterocycles. The third kappa shape index (κ3) is 5.85. The first-order valence-electron chi connectivity index (χ1n) is 10.5. The van der Waals surface area contributed by atoms with E-state index in [2.05, 4.69) is 4.99 Å². The van der Waals surface area contributed by atoms with E-state index in [-0.39, 0.29) is 18.2 Å². The lowest BCUT2D eigenvalue weighted by Gasteiger charge is -2.15. The number of carbonyl (C=O) groups excluding carboxylic acids is 1. The first-order valence-corrected chi connectivity index (χ1v) is 11.7. The van der Waals surface area contributed by atoms with Gasteiger partial charge in [-0.15, -0.1) is 0 Å². The fraction of sp³-hybridized carbons (Fsp3) is 0.304. The van der Waals surface area contributed by atoms with Crippen LogP contribution in [0.25, 0.3) is 6.08 Å². The van der Waals surface area contributed by atoms with Crippen LogP contribution in [0.4, 0.5) is 5.69 Å². The Labute approximate surface area is 201 Å². The van der Waals surface area contributed by atoms with Gasteiger partial charge in [0.1, 0.15) is 6.61 Å². The van der Waals surface area contributed by atoms with Crippen LogP contribution in [0.2, 0.25) is 5.02 Å². The predicted octanol–water partition coefficient (Wildman–Crippen LogP) is 5.54. The summed E-state index contributed by atoms with van der Waals surface area (Å²) >= 11 is 7.85. The Kier molecular flexibility index (Phi) is 8.35. The molecule has 174 valence electrons. The standard InChI is InChI=1S/C23H24ClN3O5S/c1-4-25-23-26(5-2)22(28)20(33-23)13-16-11-18(24)21(19(12-16)31-6-3)32-14-15-7-9-17(10-8-15)27(29)30/h7-13H,4-6,14H2,1-3H3/b20-13+,25-23?. The molecule has 10 heteroatoms. The SMILES string of the molecule is CCN=C1S/C(=C/c2cc(Cl)c(OCc3ccc([N+](=O)[O-])cc3)c(OCC)c2)C(=O)N1CC. The lowest BCUT2D eigenvalue weighted by atomic mass is 10.1. The fourth-order valence-corrected chi connectivity index (χ4v) is 4.51. The molecule has 0 N–H and O–H groups in total. The maximum absolute atomic E-state index is 12.7. The number of halogens is 1. The summed E-state index contributed by atoms with van der Waals surface area (Å²) in [6.07, 6.45) is 1.77. The van der Waals surface area contributed by atoms with Crippen LogP contribution < -0.4 is 9.47 Å². The van der Waals surface area contributed by atoms with Gasteiger partial charge in [-0.2, -0.15) is 0 Å². The predicted molar refractivity (Wildman–Crippen MR) is 131 cm³/mol. The highest BCUT2D eigenvalue weighted by Gasteiger charge is 2.32. The number of nitrogens with zero attached hydrogens (tertiary/aromatic N) is 3. The number of thioether (sulfide) groups is 1. The van der Waals surface area contributed by atoms with Gasteiger partial charge in [-0.05, 0) is 74.0 Å². The van der Waals surface area contributed by atoms with E-state index in [9.17, 15) is 14.9 Å². The number of rotatable bonds is 9. The van der Waals surface area contributed by atoms with Crippen molar-refractivity contribution in [2.75, 3.05) is 19.7 Å². The molecule has 1 fully saturated rings. The van der Waals surface area contributed by atoms with E-state index in [1.165, 1.54) is 23.9 Å². The smallest absolute Gasteiger partial charge is 0.269 e. The van der Waals surface area contributed by atoms with Crippen LogP contribution in [0.15, 0.2) is 46.3 Å². The number of ether oxygens (including phenoxy) is 2. The number of non-ortho nitro benzene ring substituents is 1. The Morgan fingerprint density at radius 2 is 1.91 bits per heavy atom. The number of likely N-dealkylation sites (N-methyl/N-ethyl adjacent to an activating group) is 1. The van der Waals surface area contributed by atoms with Crippen LogP contribution >= 0.6 is 23.4 Å². The van der Waals surface area contributed by atoms with Crippen LogP contribution in [0.5, 0.6) is 11.5 Å². The van der Waals surface area contributed by atoms with E-state index in [4.69, 9.17) is 21.1 Å².